The van der Waals surface area contributed by atoms with E-state index in [2.05, 4.69) is 77.4 Å². The predicted molar refractivity (Wildman–Crippen MR) is 135 cm³/mol. The standard InChI is InChI=1S/C26H46O4Si/c1-20(2)23(5)16-18-26(7,24(6)30-31(9,10)11)17-15-21(3)13-12-14-22(4)19-29-25(27)28-8/h14-15,20H,5-6,12-13,16-19H2,1-4,7-11H3/b21-15+,22-14+. The number of rotatable bonds is 14. The van der Waals surface area contributed by atoms with Crippen molar-refractivity contribution in [2.24, 2.45) is 11.3 Å². The summed E-state index contributed by atoms with van der Waals surface area (Å²) in [5.41, 5.74) is 3.53. The van der Waals surface area contributed by atoms with E-state index in [1.54, 1.807) is 0 Å². The van der Waals surface area contributed by atoms with Crippen LogP contribution in [0.25, 0.3) is 0 Å². The van der Waals surface area contributed by atoms with Crippen LogP contribution in [-0.4, -0.2) is 28.2 Å². The third-order valence-corrected chi connectivity index (χ3v) is 6.29. The van der Waals surface area contributed by atoms with Crippen molar-refractivity contribution in [1.82, 2.24) is 0 Å². The lowest BCUT2D eigenvalue weighted by molar-refractivity contribution is 0.0798. The normalized spacial score (nSPS) is 14.8. The SMILES string of the molecule is C=C(CCC(C)(C/C=C(\C)CC/C=C(\C)COC(=O)OC)C(=C)O[Si](C)(C)C)C(C)C. The third kappa shape index (κ3) is 13.3. The second kappa shape index (κ2) is 13.6. The average molecular weight is 451 g/mol. The van der Waals surface area contributed by atoms with Gasteiger partial charge in [-0.15, -0.1) is 0 Å². The third-order valence-electron chi connectivity index (χ3n) is 5.43. The van der Waals surface area contributed by atoms with Gasteiger partial charge in [0.05, 0.1) is 12.9 Å². The van der Waals surface area contributed by atoms with Crippen LogP contribution in [0.1, 0.15) is 66.7 Å². The van der Waals surface area contributed by atoms with Gasteiger partial charge in [0.1, 0.15) is 6.61 Å². The second-order valence-corrected chi connectivity index (χ2v) is 14.5. The van der Waals surface area contributed by atoms with Crippen molar-refractivity contribution in [2.75, 3.05) is 13.7 Å². The molecule has 0 radical (unpaired) electrons. The number of hydrogen-bond acceptors (Lipinski definition) is 4. The molecule has 0 amide bonds. The van der Waals surface area contributed by atoms with Crippen molar-refractivity contribution in [3.8, 4) is 0 Å². The molecule has 1 unspecified atom stereocenters. The summed E-state index contributed by atoms with van der Waals surface area (Å²) in [6, 6.07) is 0. The maximum absolute atomic E-state index is 11.1. The first-order chi connectivity index (χ1) is 14.2. The lowest BCUT2D eigenvalue weighted by Gasteiger charge is -2.35. The summed E-state index contributed by atoms with van der Waals surface area (Å²) in [7, 11) is -0.401. The quantitative estimate of drug-likeness (QED) is 0.116. The number of methoxy groups -OCH3 is 1. The summed E-state index contributed by atoms with van der Waals surface area (Å²) in [6.45, 7) is 26.2. The summed E-state index contributed by atoms with van der Waals surface area (Å²) >= 11 is 0. The first-order valence-electron chi connectivity index (χ1n) is 11.3. The highest BCUT2D eigenvalue weighted by Gasteiger charge is 2.31. The van der Waals surface area contributed by atoms with Crippen molar-refractivity contribution in [3.63, 3.8) is 0 Å². The minimum absolute atomic E-state index is 0.112. The predicted octanol–water partition coefficient (Wildman–Crippen LogP) is 8.20. The van der Waals surface area contributed by atoms with Crippen LogP contribution in [0.3, 0.4) is 0 Å². The van der Waals surface area contributed by atoms with Gasteiger partial charge in [-0.2, -0.15) is 0 Å². The Morgan fingerprint density at radius 3 is 2.19 bits per heavy atom. The molecule has 0 rings (SSSR count). The Kier molecular flexibility index (Phi) is 12.8. The Balaban J connectivity index is 5.04. The molecule has 0 aliphatic rings. The van der Waals surface area contributed by atoms with E-state index in [1.165, 1.54) is 18.3 Å². The molecular formula is C26H46O4Si. The van der Waals surface area contributed by atoms with Crippen LogP contribution < -0.4 is 0 Å². The fourth-order valence-electron chi connectivity index (χ4n) is 2.91. The highest BCUT2D eigenvalue weighted by Crippen LogP contribution is 2.39. The highest BCUT2D eigenvalue weighted by atomic mass is 28.4. The average Bonchev–Trinajstić information content (AvgIpc) is 2.67. The van der Waals surface area contributed by atoms with E-state index in [1.807, 2.05) is 6.92 Å². The van der Waals surface area contributed by atoms with Crippen LogP contribution in [0.4, 0.5) is 4.79 Å². The smallest absolute Gasteiger partial charge is 0.508 e. The molecule has 178 valence electrons. The summed E-state index contributed by atoms with van der Waals surface area (Å²) in [5, 5.41) is 0. The van der Waals surface area contributed by atoms with Crippen LogP contribution in [0.15, 0.2) is 47.8 Å². The van der Waals surface area contributed by atoms with Gasteiger partial charge in [0.25, 0.3) is 0 Å². The summed E-state index contributed by atoms with van der Waals surface area (Å²) in [6.07, 6.45) is 8.53. The Labute approximate surface area is 192 Å². The highest BCUT2D eigenvalue weighted by molar-refractivity contribution is 6.70. The van der Waals surface area contributed by atoms with Gasteiger partial charge < -0.3 is 13.9 Å². The summed E-state index contributed by atoms with van der Waals surface area (Å²) in [5.74, 6) is 1.40. The molecule has 31 heavy (non-hydrogen) atoms. The van der Waals surface area contributed by atoms with Crippen molar-refractivity contribution < 1.29 is 18.7 Å². The van der Waals surface area contributed by atoms with Crippen molar-refractivity contribution in [1.29, 1.82) is 0 Å². The Morgan fingerprint density at radius 2 is 1.68 bits per heavy atom. The molecule has 0 spiro atoms. The maximum Gasteiger partial charge on any atom is 0.508 e. The Morgan fingerprint density at radius 1 is 1.06 bits per heavy atom. The molecule has 0 aromatic heterocycles. The fraction of sp³-hybridized carbons (Fsp3) is 0.654. The fourth-order valence-corrected chi connectivity index (χ4v) is 3.90. The topological polar surface area (TPSA) is 44.8 Å². The number of carbonyl (C=O) groups is 1. The van der Waals surface area contributed by atoms with Crippen LogP contribution in [0.5, 0.6) is 0 Å². The molecule has 0 heterocycles. The molecule has 0 saturated heterocycles. The van der Waals surface area contributed by atoms with E-state index in [9.17, 15) is 4.79 Å². The van der Waals surface area contributed by atoms with E-state index in [4.69, 9.17) is 9.16 Å². The van der Waals surface area contributed by atoms with E-state index < -0.39 is 14.5 Å². The molecule has 0 saturated carbocycles. The summed E-state index contributed by atoms with van der Waals surface area (Å²) < 4.78 is 15.8. The number of ether oxygens (including phenoxy) is 2. The van der Waals surface area contributed by atoms with Gasteiger partial charge in [-0.3, -0.25) is 0 Å². The number of allylic oxidation sites excluding steroid dienone is 5. The molecule has 0 aromatic rings. The summed E-state index contributed by atoms with van der Waals surface area (Å²) in [4.78, 5) is 11.1. The molecule has 0 aliphatic heterocycles. The van der Waals surface area contributed by atoms with Gasteiger partial charge in [0.15, 0.2) is 0 Å². The Bertz CT molecular complexity index is 667. The molecule has 0 aliphatic carbocycles. The van der Waals surface area contributed by atoms with Gasteiger partial charge in [0, 0.05) is 5.41 Å². The molecule has 0 bridgehead atoms. The van der Waals surface area contributed by atoms with Crippen molar-refractivity contribution in [2.45, 2.75) is 86.4 Å². The lowest BCUT2D eigenvalue weighted by Crippen LogP contribution is -2.31. The molecule has 1 atom stereocenters. The van der Waals surface area contributed by atoms with Gasteiger partial charge in [-0.05, 0) is 77.1 Å². The van der Waals surface area contributed by atoms with Crippen molar-refractivity contribution in [3.05, 3.63) is 47.8 Å². The molecule has 4 nitrogen and oxygen atoms in total. The zero-order valence-corrected chi connectivity index (χ0v) is 22.5. The molecule has 0 aromatic carbocycles. The molecule has 0 N–H and O–H groups in total. The van der Waals surface area contributed by atoms with Crippen LogP contribution in [0.2, 0.25) is 19.6 Å². The minimum atomic E-state index is -1.71. The largest absolute Gasteiger partial charge is 0.547 e. The number of hydrogen-bond donors (Lipinski definition) is 0. The van der Waals surface area contributed by atoms with E-state index in [-0.39, 0.29) is 12.0 Å². The lowest BCUT2D eigenvalue weighted by atomic mass is 9.78. The molecular weight excluding hydrogens is 404 g/mol. The van der Waals surface area contributed by atoms with Gasteiger partial charge in [-0.1, -0.05) is 57.2 Å². The first-order valence-corrected chi connectivity index (χ1v) is 14.7. The monoisotopic (exact) mass is 450 g/mol. The van der Waals surface area contributed by atoms with Crippen LogP contribution in [0, 0.1) is 11.3 Å². The van der Waals surface area contributed by atoms with Gasteiger partial charge >= 0.3 is 6.16 Å². The minimum Gasteiger partial charge on any atom is -0.547 e. The van der Waals surface area contributed by atoms with Crippen LogP contribution in [-0.2, 0) is 13.9 Å². The van der Waals surface area contributed by atoms with Crippen LogP contribution >= 0.6 is 0 Å². The second-order valence-electron chi connectivity index (χ2n) is 10.1. The van der Waals surface area contributed by atoms with Crippen molar-refractivity contribution >= 4 is 14.5 Å². The maximum atomic E-state index is 11.1. The number of carbonyl (C=O) groups excluding carboxylic acids is 1. The zero-order valence-electron chi connectivity index (χ0n) is 21.5. The first kappa shape index (κ1) is 29.2. The molecule has 5 heteroatoms. The Hall–Kier alpha value is -1.75. The molecule has 0 fully saturated rings. The van der Waals surface area contributed by atoms with E-state index >= 15 is 0 Å². The van der Waals surface area contributed by atoms with E-state index in [0.717, 1.165) is 43.4 Å². The van der Waals surface area contributed by atoms with Gasteiger partial charge in [-0.25, -0.2) is 4.79 Å². The van der Waals surface area contributed by atoms with Gasteiger partial charge in [0.2, 0.25) is 8.32 Å². The van der Waals surface area contributed by atoms with E-state index in [0.29, 0.717) is 5.92 Å². The zero-order chi connectivity index (χ0) is 24.2.